The molecule has 0 aliphatic heterocycles. The van der Waals surface area contributed by atoms with Crippen molar-refractivity contribution < 1.29 is 0 Å². The first-order valence-corrected chi connectivity index (χ1v) is 6.66. The molecule has 2 nitrogen and oxygen atoms in total. The Morgan fingerprint density at radius 3 is 2.29 bits per heavy atom. The van der Waals surface area contributed by atoms with Gasteiger partial charge in [-0.15, -0.1) is 0 Å². The van der Waals surface area contributed by atoms with E-state index in [4.69, 9.17) is 11.5 Å². The molecule has 17 heavy (non-hydrogen) atoms. The Morgan fingerprint density at radius 2 is 1.71 bits per heavy atom. The molecule has 0 heterocycles. The molecule has 0 saturated heterocycles. The molecule has 1 aliphatic carbocycles. The van der Waals surface area contributed by atoms with E-state index >= 15 is 0 Å². The van der Waals surface area contributed by atoms with Crippen molar-refractivity contribution in [2.24, 2.45) is 17.4 Å². The van der Waals surface area contributed by atoms with Gasteiger partial charge in [-0.1, -0.05) is 18.2 Å². The van der Waals surface area contributed by atoms with Crippen molar-refractivity contribution >= 4 is 0 Å². The second-order valence-electron chi connectivity index (χ2n) is 5.54. The first-order chi connectivity index (χ1) is 8.08. The summed E-state index contributed by atoms with van der Waals surface area (Å²) in [7, 11) is 0. The predicted octanol–water partition coefficient (Wildman–Crippen LogP) is 2.82. The normalized spacial score (nSPS) is 26.8. The molecule has 2 rings (SSSR count). The highest BCUT2D eigenvalue weighted by Crippen LogP contribution is 2.33. The smallest absolute Gasteiger partial charge is 0.0323 e. The second-order valence-corrected chi connectivity index (χ2v) is 5.54. The highest BCUT2D eigenvalue weighted by atomic mass is 14.7. The van der Waals surface area contributed by atoms with Gasteiger partial charge in [0.15, 0.2) is 0 Å². The van der Waals surface area contributed by atoms with Crippen LogP contribution in [0.4, 0.5) is 0 Å². The average molecular weight is 232 g/mol. The van der Waals surface area contributed by atoms with Crippen LogP contribution >= 0.6 is 0 Å². The van der Waals surface area contributed by atoms with Crippen LogP contribution in [-0.4, -0.2) is 6.04 Å². The lowest BCUT2D eigenvalue weighted by atomic mass is 9.79. The van der Waals surface area contributed by atoms with Crippen molar-refractivity contribution in [3.63, 3.8) is 0 Å². The molecular weight excluding hydrogens is 208 g/mol. The van der Waals surface area contributed by atoms with E-state index in [1.807, 2.05) is 0 Å². The minimum atomic E-state index is 0.182. The van der Waals surface area contributed by atoms with Gasteiger partial charge in [0.1, 0.15) is 0 Å². The van der Waals surface area contributed by atoms with E-state index in [9.17, 15) is 0 Å². The van der Waals surface area contributed by atoms with Crippen molar-refractivity contribution in [3.8, 4) is 0 Å². The number of benzene rings is 1. The number of aryl methyl sites for hydroxylation is 2. The summed E-state index contributed by atoms with van der Waals surface area (Å²) < 4.78 is 0. The maximum absolute atomic E-state index is 6.39. The molecule has 4 N–H and O–H groups in total. The molecule has 0 aromatic heterocycles. The quantitative estimate of drug-likeness (QED) is 0.824. The summed E-state index contributed by atoms with van der Waals surface area (Å²) >= 11 is 0. The van der Waals surface area contributed by atoms with Crippen LogP contribution in [0, 0.1) is 19.8 Å². The van der Waals surface area contributed by atoms with Crippen LogP contribution < -0.4 is 11.5 Å². The number of hydrogen-bond acceptors (Lipinski definition) is 2. The van der Waals surface area contributed by atoms with Gasteiger partial charge in [0.05, 0.1) is 0 Å². The lowest BCUT2D eigenvalue weighted by Crippen LogP contribution is -2.31. The lowest BCUT2D eigenvalue weighted by Gasteiger charge is -2.31. The molecule has 1 saturated carbocycles. The molecule has 0 radical (unpaired) electrons. The van der Waals surface area contributed by atoms with Gasteiger partial charge in [0, 0.05) is 12.1 Å². The van der Waals surface area contributed by atoms with Crippen LogP contribution in [0.3, 0.4) is 0 Å². The summed E-state index contributed by atoms with van der Waals surface area (Å²) in [5.74, 6) is 0.608. The van der Waals surface area contributed by atoms with E-state index in [-0.39, 0.29) is 6.04 Å². The zero-order valence-corrected chi connectivity index (χ0v) is 10.9. The highest BCUT2D eigenvalue weighted by Gasteiger charge is 2.24. The summed E-state index contributed by atoms with van der Waals surface area (Å²) in [6.07, 6.45) is 4.61. The Labute approximate surface area is 104 Å². The third kappa shape index (κ3) is 2.88. The number of rotatable bonds is 2. The fourth-order valence-corrected chi connectivity index (χ4v) is 2.75. The molecule has 0 bridgehead atoms. The summed E-state index contributed by atoms with van der Waals surface area (Å²) in [5.41, 5.74) is 16.3. The van der Waals surface area contributed by atoms with Crippen molar-refractivity contribution in [1.29, 1.82) is 0 Å². The van der Waals surface area contributed by atoms with Crippen LogP contribution in [0.5, 0.6) is 0 Å². The molecule has 1 aromatic rings. The molecule has 1 aromatic carbocycles. The molecule has 1 aliphatic rings. The third-order valence-corrected chi connectivity index (χ3v) is 4.24. The molecule has 94 valence electrons. The Kier molecular flexibility index (Phi) is 3.85. The van der Waals surface area contributed by atoms with Crippen molar-refractivity contribution in [3.05, 3.63) is 34.9 Å². The fourth-order valence-electron chi connectivity index (χ4n) is 2.75. The van der Waals surface area contributed by atoms with Gasteiger partial charge in [-0.05, 0) is 62.1 Å². The van der Waals surface area contributed by atoms with Crippen LogP contribution in [0.15, 0.2) is 18.2 Å². The van der Waals surface area contributed by atoms with Gasteiger partial charge >= 0.3 is 0 Å². The van der Waals surface area contributed by atoms with E-state index in [1.54, 1.807) is 0 Å². The summed E-state index contributed by atoms with van der Waals surface area (Å²) in [6.45, 7) is 4.30. The maximum Gasteiger partial charge on any atom is 0.0323 e. The van der Waals surface area contributed by atoms with E-state index in [0.29, 0.717) is 12.0 Å². The van der Waals surface area contributed by atoms with Gasteiger partial charge in [0.25, 0.3) is 0 Å². The topological polar surface area (TPSA) is 52.0 Å². The average Bonchev–Trinajstić information content (AvgIpc) is 2.33. The Morgan fingerprint density at radius 1 is 1.06 bits per heavy atom. The zero-order chi connectivity index (χ0) is 12.4. The SMILES string of the molecule is Cc1ccc(C(N)C2CCC(N)CC2)cc1C. The molecule has 2 heteroatoms. The van der Waals surface area contributed by atoms with E-state index in [2.05, 4.69) is 32.0 Å². The summed E-state index contributed by atoms with van der Waals surface area (Å²) in [4.78, 5) is 0. The van der Waals surface area contributed by atoms with Gasteiger partial charge < -0.3 is 11.5 Å². The van der Waals surface area contributed by atoms with Crippen LogP contribution in [0.2, 0.25) is 0 Å². The molecular formula is C15H24N2. The Bertz CT molecular complexity index is 379. The van der Waals surface area contributed by atoms with Gasteiger partial charge in [0.2, 0.25) is 0 Å². The zero-order valence-electron chi connectivity index (χ0n) is 10.9. The van der Waals surface area contributed by atoms with Crippen LogP contribution in [0.25, 0.3) is 0 Å². The highest BCUT2D eigenvalue weighted by molar-refractivity contribution is 5.31. The van der Waals surface area contributed by atoms with Crippen molar-refractivity contribution in [1.82, 2.24) is 0 Å². The standard InChI is InChI=1S/C15H24N2/c1-10-3-4-13(9-11(10)2)15(17)12-5-7-14(16)8-6-12/h3-4,9,12,14-15H,5-8,16-17H2,1-2H3. The third-order valence-electron chi connectivity index (χ3n) is 4.24. The van der Waals surface area contributed by atoms with E-state index < -0.39 is 0 Å². The minimum Gasteiger partial charge on any atom is -0.328 e. The van der Waals surface area contributed by atoms with Gasteiger partial charge in [-0.2, -0.15) is 0 Å². The van der Waals surface area contributed by atoms with Gasteiger partial charge in [-0.25, -0.2) is 0 Å². The molecule has 1 fully saturated rings. The van der Waals surface area contributed by atoms with Crippen molar-refractivity contribution in [2.45, 2.75) is 51.6 Å². The van der Waals surface area contributed by atoms with Crippen LogP contribution in [-0.2, 0) is 0 Å². The molecule has 0 amide bonds. The maximum atomic E-state index is 6.39. The van der Waals surface area contributed by atoms with Gasteiger partial charge in [-0.3, -0.25) is 0 Å². The lowest BCUT2D eigenvalue weighted by molar-refractivity contribution is 0.285. The minimum absolute atomic E-state index is 0.182. The van der Waals surface area contributed by atoms with Crippen molar-refractivity contribution in [2.75, 3.05) is 0 Å². The first kappa shape index (κ1) is 12.6. The van der Waals surface area contributed by atoms with E-state index in [0.717, 1.165) is 12.8 Å². The van der Waals surface area contributed by atoms with E-state index in [1.165, 1.54) is 29.5 Å². The Balaban J connectivity index is 2.08. The Hall–Kier alpha value is -0.860. The molecule has 1 atom stereocenters. The van der Waals surface area contributed by atoms with Crippen LogP contribution in [0.1, 0.15) is 48.4 Å². The summed E-state index contributed by atoms with van der Waals surface area (Å²) in [6, 6.07) is 7.19. The number of hydrogen-bond donors (Lipinski definition) is 2. The number of nitrogens with two attached hydrogens (primary N) is 2. The second kappa shape index (κ2) is 5.19. The molecule has 0 spiro atoms. The fraction of sp³-hybridized carbons (Fsp3) is 0.600. The first-order valence-electron chi connectivity index (χ1n) is 6.66. The summed E-state index contributed by atoms with van der Waals surface area (Å²) in [5, 5.41) is 0. The predicted molar refractivity (Wildman–Crippen MR) is 72.8 cm³/mol. The molecule has 1 unspecified atom stereocenters. The largest absolute Gasteiger partial charge is 0.328 e. The monoisotopic (exact) mass is 232 g/mol.